The van der Waals surface area contributed by atoms with Crippen LogP contribution in [0.4, 0.5) is 5.13 Å². The SMILES string of the molecule is CCCNc1nnc(SC(C)C(=O)NCc2ccc3c(c2)OCO3)s1. The molecule has 2 aromatic rings. The van der Waals surface area contributed by atoms with Gasteiger partial charge in [0.15, 0.2) is 15.8 Å². The van der Waals surface area contributed by atoms with E-state index in [1.807, 2.05) is 25.1 Å². The van der Waals surface area contributed by atoms with Crippen LogP contribution < -0.4 is 20.1 Å². The van der Waals surface area contributed by atoms with Gasteiger partial charge in [-0.05, 0) is 31.0 Å². The second-order valence-electron chi connectivity index (χ2n) is 5.47. The van der Waals surface area contributed by atoms with Gasteiger partial charge in [0, 0.05) is 13.1 Å². The first-order valence-electron chi connectivity index (χ1n) is 8.06. The van der Waals surface area contributed by atoms with Crippen LogP contribution in [-0.2, 0) is 11.3 Å². The minimum absolute atomic E-state index is 0.0408. The van der Waals surface area contributed by atoms with Crippen molar-refractivity contribution in [3.05, 3.63) is 23.8 Å². The number of benzene rings is 1. The van der Waals surface area contributed by atoms with Gasteiger partial charge in [0.2, 0.25) is 17.8 Å². The zero-order chi connectivity index (χ0) is 17.6. The Labute approximate surface area is 154 Å². The Morgan fingerprint density at radius 3 is 3.04 bits per heavy atom. The Morgan fingerprint density at radius 2 is 2.20 bits per heavy atom. The van der Waals surface area contributed by atoms with Crippen molar-refractivity contribution >= 4 is 34.1 Å². The van der Waals surface area contributed by atoms with Crippen molar-refractivity contribution < 1.29 is 14.3 Å². The van der Waals surface area contributed by atoms with Crippen molar-refractivity contribution in [3.63, 3.8) is 0 Å². The lowest BCUT2D eigenvalue weighted by Crippen LogP contribution is -2.30. The molecule has 2 heterocycles. The molecule has 0 radical (unpaired) electrons. The summed E-state index contributed by atoms with van der Waals surface area (Å²) >= 11 is 2.88. The van der Waals surface area contributed by atoms with Gasteiger partial charge in [0.1, 0.15) is 0 Å². The number of anilines is 1. The third-order valence-electron chi connectivity index (χ3n) is 3.48. The van der Waals surface area contributed by atoms with Crippen molar-refractivity contribution in [1.29, 1.82) is 0 Å². The lowest BCUT2D eigenvalue weighted by atomic mass is 10.2. The van der Waals surface area contributed by atoms with Crippen molar-refractivity contribution in [1.82, 2.24) is 15.5 Å². The molecule has 1 aliphatic heterocycles. The number of carbonyl (C=O) groups excluding carboxylic acids is 1. The Bertz CT molecular complexity index is 738. The van der Waals surface area contributed by atoms with Crippen LogP contribution >= 0.6 is 23.1 Å². The molecule has 0 fully saturated rings. The largest absolute Gasteiger partial charge is 0.454 e. The quantitative estimate of drug-likeness (QED) is 0.681. The van der Waals surface area contributed by atoms with Gasteiger partial charge in [-0.2, -0.15) is 0 Å². The highest BCUT2D eigenvalue weighted by Gasteiger charge is 2.18. The van der Waals surface area contributed by atoms with E-state index in [2.05, 4.69) is 27.8 Å². The summed E-state index contributed by atoms with van der Waals surface area (Å²) in [5.74, 6) is 1.42. The Morgan fingerprint density at radius 1 is 1.36 bits per heavy atom. The van der Waals surface area contributed by atoms with E-state index in [1.165, 1.54) is 23.1 Å². The number of aromatic nitrogens is 2. The predicted molar refractivity (Wildman–Crippen MR) is 98.4 cm³/mol. The fourth-order valence-corrected chi connectivity index (χ4v) is 4.10. The summed E-state index contributed by atoms with van der Waals surface area (Å²) in [5.41, 5.74) is 0.969. The van der Waals surface area contributed by atoms with Gasteiger partial charge in [0.05, 0.1) is 5.25 Å². The highest BCUT2D eigenvalue weighted by molar-refractivity contribution is 8.02. The van der Waals surface area contributed by atoms with Crippen LogP contribution in [-0.4, -0.2) is 34.7 Å². The number of hydrogen-bond donors (Lipinski definition) is 2. The molecular weight excluding hydrogens is 360 g/mol. The molecule has 134 valence electrons. The predicted octanol–water partition coefficient (Wildman–Crippen LogP) is 2.89. The van der Waals surface area contributed by atoms with Gasteiger partial charge < -0.3 is 20.1 Å². The highest BCUT2D eigenvalue weighted by Crippen LogP contribution is 2.32. The number of fused-ring (bicyclic) bond motifs is 1. The van der Waals surface area contributed by atoms with Gasteiger partial charge in [0.25, 0.3) is 0 Å². The second-order valence-corrected chi connectivity index (χ2v) is 8.03. The maximum atomic E-state index is 12.3. The van der Waals surface area contributed by atoms with Crippen LogP contribution in [0.2, 0.25) is 0 Å². The molecule has 1 amide bonds. The topological polar surface area (TPSA) is 85.4 Å². The molecule has 1 aromatic carbocycles. The lowest BCUT2D eigenvalue weighted by Gasteiger charge is -2.10. The van der Waals surface area contributed by atoms with Gasteiger partial charge >= 0.3 is 0 Å². The van der Waals surface area contributed by atoms with E-state index in [1.54, 1.807) is 0 Å². The minimum atomic E-state index is -0.249. The maximum Gasteiger partial charge on any atom is 0.233 e. The van der Waals surface area contributed by atoms with Crippen LogP contribution in [0, 0.1) is 0 Å². The summed E-state index contributed by atoms with van der Waals surface area (Å²) in [6.07, 6.45) is 1.03. The molecule has 25 heavy (non-hydrogen) atoms. The van der Waals surface area contributed by atoms with Gasteiger partial charge in [-0.1, -0.05) is 36.1 Å². The smallest absolute Gasteiger partial charge is 0.233 e. The van der Waals surface area contributed by atoms with E-state index in [-0.39, 0.29) is 18.0 Å². The van der Waals surface area contributed by atoms with E-state index in [9.17, 15) is 4.79 Å². The third-order valence-corrected chi connectivity index (χ3v) is 5.55. The second kappa shape index (κ2) is 8.39. The molecule has 0 bridgehead atoms. The molecule has 9 heteroatoms. The number of nitrogens with zero attached hydrogens (tertiary/aromatic N) is 2. The summed E-state index contributed by atoms with van der Waals surface area (Å²) < 4.78 is 11.4. The summed E-state index contributed by atoms with van der Waals surface area (Å²) in [4.78, 5) is 12.3. The van der Waals surface area contributed by atoms with Crippen LogP contribution in [0.1, 0.15) is 25.8 Å². The standard InChI is InChI=1S/C16H20N4O3S2/c1-3-6-17-15-19-20-16(25-15)24-10(2)14(21)18-8-11-4-5-12-13(7-11)23-9-22-12/h4-5,7,10H,3,6,8-9H2,1-2H3,(H,17,19)(H,18,21). The summed E-state index contributed by atoms with van der Waals surface area (Å²) in [5, 5.41) is 14.8. The van der Waals surface area contributed by atoms with E-state index in [4.69, 9.17) is 9.47 Å². The number of amides is 1. The van der Waals surface area contributed by atoms with Gasteiger partial charge in [-0.25, -0.2) is 0 Å². The number of hydrogen-bond acceptors (Lipinski definition) is 8. The highest BCUT2D eigenvalue weighted by atomic mass is 32.2. The number of nitrogens with one attached hydrogen (secondary N) is 2. The van der Waals surface area contributed by atoms with E-state index >= 15 is 0 Å². The Balaban J connectivity index is 1.48. The molecule has 1 unspecified atom stereocenters. The number of thioether (sulfide) groups is 1. The molecule has 2 N–H and O–H groups in total. The zero-order valence-electron chi connectivity index (χ0n) is 14.1. The van der Waals surface area contributed by atoms with Crippen LogP contribution in [0.15, 0.2) is 22.5 Å². The average Bonchev–Trinajstić information content (AvgIpc) is 3.26. The van der Waals surface area contributed by atoms with Gasteiger partial charge in [-0.15, -0.1) is 10.2 Å². The molecule has 3 rings (SSSR count). The first-order valence-corrected chi connectivity index (χ1v) is 9.75. The summed E-state index contributed by atoms with van der Waals surface area (Å²) in [6.45, 7) is 5.51. The molecule has 0 aliphatic carbocycles. The lowest BCUT2D eigenvalue weighted by molar-refractivity contribution is -0.120. The summed E-state index contributed by atoms with van der Waals surface area (Å²) in [7, 11) is 0. The van der Waals surface area contributed by atoms with Crippen LogP contribution in [0.25, 0.3) is 0 Å². The Kier molecular flexibility index (Phi) is 5.98. The minimum Gasteiger partial charge on any atom is -0.454 e. The van der Waals surface area contributed by atoms with E-state index in [0.29, 0.717) is 6.54 Å². The molecule has 0 saturated heterocycles. The van der Waals surface area contributed by atoms with E-state index in [0.717, 1.165) is 39.5 Å². The molecule has 1 atom stereocenters. The van der Waals surface area contributed by atoms with Crippen molar-refractivity contribution in [3.8, 4) is 11.5 Å². The Hall–Kier alpha value is -2.00. The van der Waals surface area contributed by atoms with Crippen LogP contribution in [0.3, 0.4) is 0 Å². The first-order chi connectivity index (χ1) is 12.2. The number of carbonyl (C=O) groups is 1. The molecular formula is C16H20N4O3S2. The summed E-state index contributed by atoms with van der Waals surface area (Å²) in [6, 6.07) is 5.66. The molecule has 0 spiro atoms. The van der Waals surface area contributed by atoms with E-state index < -0.39 is 0 Å². The maximum absolute atomic E-state index is 12.3. The fraction of sp³-hybridized carbons (Fsp3) is 0.438. The van der Waals surface area contributed by atoms with Crippen molar-refractivity contribution in [2.75, 3.05) is 18.7 Å². The zero-order valence-corrected chi connectivity index (χ0v) is 15.7. The first kappa shape index (κ1) is 17.8. The average molecular weight is 380 g/mol. The van der Waals surface area contributed by atoms with Crippen molar-refractivity contribution in [2.45, 2.75) is 36.4 Å². The number of ether oxygens (including phenoxy) is 2. The normalized spacial score (nSPS) is 13.5. The molecule has 1 aromatic heterocycles. The van der Waals surface area contributed by atoms with Gasteiger partial charge in [-0.3, -0.25) is 4.79 Å². The van der Waals surface area contributed by atoms with Crippen LogP contribution in [0.5, 0.6) is 11.5 Å². The monoisotopic (exact) mass is 380 g/mol. The van der Waals surface area contributed by atoms with Crippen molar-refractivity contribution in [2.24, 2.45) is 0 Å². The molecule has 7 nitrogen and oxygen atoms in total. The number of rotatable bonds is 8. The fourth-order valence-electron chi connectivity index (χ4n) is 2.15. The molecule has 0 saturated carbocycles. The third kappa shape index (κ3) is 4.76. The molecule has 1 aliphatic rings.